The highest BCUT2D eigenvalue weighted by Crippen LogP contribution is 2.30. The number of nitrogens with zero attached hydrogens (tertiary/aromatic N) is 1. The number of ether oxygens (including phenoxy) is 1. The lowest BCUT2D eigenvalue weighted by molar-refractivity contribution is -0.122. The lowest BCUT2D eigenvalue weighted by Gasteiger charge is -2.15. The van der Waals surface area contributed by atoms with E-state index in [9.17, 15) is 14.7 Å². The van der Waals surface area contributed by atoms with Crippen molar-refractivity contribution in [2.75, 3.05) is 13.6 Å². The van der Waals surface area contributed by atoms with Crippen molar-refractivity contribution in [2.24, 2.45) is 7.05 Å². The van der Waals surface area contributed by atoms with Gasteiger partial charge in [-0.05, 0) is 12.1 Å². The van der Waals surface area contributed by atoms with E-state index in [1.54, 1.807) is 24.7 Å². The van der Waals surface area contributed by atoms with E-state index >= 15 is 0 Å². The van der Waals surface area contributed by atoms with Crippen LogP contribution in [0.3, 0.4) is 0 Å². The molecule has 2 atom stereocenters. The number of hydrogen-bond donors (Lipinski definition) is 3. The number of fused-ring (bicyclic) bond motifs is 1. The Bertz CT molecular complexity index is 768. The molecule has 3 N–H and O–H groups in total. The number of aromatic carboxylic acids is 1. The number of amides is 1. The maximum Gasteiger partial charge on any atom is 0.352 e. The third kappa shape index (κ3) is 2.75. The van der Waals surface area contributed by atoms with Gasteiger partial charge >= 0.3 is 5.97 Å². The second-order valence-corrected chi connectivity index (χ2v) is 5.64. The van der Waals surface area contributed by atoms with E-state index < -0.39 is 5.97 Å². The molecule has 0 bridgehead atoms. The summed E-state index contributed by atoms with van der Waals surface area (Å²) in [5.74, 6) is -0.403. The molecule has 0 saturated carbocycles. The van der Waals surface area contributed by atoms with E-state index in [-0.39, 0.29) is 23.7 Å². The average molecular weight is 317 g/mol. The smallest absolute Gasteiger partial charge is 0.352 e. The molecule has 1 aliphatic heterocycles. The molecule has 1 amide bonds. The molecule has 2 heterocycles. The third-order valence-electron chi connectivity index (χ3n) is 4.19. The number of likely N-dealkylation sites (N-methyl/N-ethyl adjacent to an activating group) is 1. The number of carbonyl (C=O) groups excluding carboxylic acids is 1. The van der Waals surface area contributed by atoms with Crippen LogP contribution in [0.25, 0.3) is 10.9 Å². The number of carboxylic acid groups (broad SMARTS) is 1. The van der Waals surface area contributed by atoms with Crippen LogP contribution >= 0.6 is 0 Å². The van der Waals surface area contributed by atoms with Crippen molar-refractivity contribution in [3.05, 3.63) is 30.0 Å². The lowest BCUT2D eigenvalue weighted by atomic mass is 10.2. The first-order valence-electron chi connectivity index (χ1n) is 7.44. The van der Waals surface area contributed by atoms with Crippen molar-refractivity contribution in [1.82, 2.24) is 15.2 Å². The van der Waals surface area contributed by atoms with Gasteiger partial charge < -0.3 is 25.0 Å². The van der Waals surface area contributed by atoms with Gasteiger partial charge in [0.25, 0.3) is 0 Å². The fourth-order valence-corrected chi connectivity index (χ4v) is 3.03. The first kappa shape index (κ1) is 15.4. The van der Waals surface area contributed by atoms with Gasteiger partial charge in [0.2, 0.25) is 5.91 Å². The second-order valence-electron chi connectivity index (χ2n) is 5.64. The fourth-order valence-electron chi connectivity index (χ4n) is 3.03. The summed E-state index contributed by atoms with van der Waals surface area (Å²) in [6.07, 6.45) is 0.442. The molecule has 1 aliphatic rings. The van der Waals surface area contributed by atoms with Gasteiger partial charge in [-0.2, -0.15) is 0 Å². The molecular formula is C16H19N3O4. The Balaban J connectivity index is 1.87. The Kier molecular flexibility index (Phi) is 3.96. The largest absolute Gasteiger partial charge is 0.487 e. The van der Waals surface area contributed by atoms with Gasteiger partial charge in [-0.15, -0.1) is 0 Å². The standard InChI is InChI=1S/C16H19N3O4/c1-17-15(20)11-7-10(8-18-11)23-13-5-3-4-9-6-12(16(21)22)19(2)14(9)13/h3-6,10-11,18H,7-8H2,1-2H3,(H,17,20)(H,21,22). The molecule has 0 radical (unpaired) electrons. The molecule has 1 saturated heterocycles. The highest BCUT2D eigenvalue weighted by atomic mass is 16.5. The highest BCUT2D eigenvalue weighted by molar-refractivity contribution is 5.96. The molecule has 7 heteroatoms. The van der Waals surface area contributed by atoms with Crippen LogP contribution in [-0.4, -0.2) is 47.3 Å². The predicted molar refractivity (Wildman–Crippen MR) is 84.8 cm³/mol. The molecule has 3 rings (SSSR count). The number of para-hydroxylation sites is 1. The summed E-state index contributed by atoms with van der Waals surface area (Å²) in [4.78, 5) is 22.9. The monoisotopic (exact) mass is 317 g/mol. The van der Waals surface area contributed by atoms with E-state index in [4.69, 9.17) is 4.74 Å². The number of carboxylic acids is 1. The van der Waals surface area contributed by atoms with Crippen molar-refractivity contribution in [3.63, 3.8) is 0 Å². The second kappa shape index (κ2) is 5.92. The number of hydrogen-bond acceptors (Lipinski definition) is 4. The molecule has 0 aliphatic carbocycles. The Hall–Kier alpha value is -2.54. The van der Waals surface area contributed by atoms with Crippen LogP contribution in [0, 0.1) is 0 Å². The van der Waals surface area contributed by atoms with Crippen LogP contribution in [0.2, 0.25) is 0 Å². The number of rotatable bonds is 4. The van der Waals surface area contributed by atoms with Gasteiger partial charge in [-0.25, -0.2) is 4.79 Å². The number of nitrogens with one attached hydrogen (secondary N) is 2. The molecule has 1 aromatic heterocycles. The Morgan fingerprint density at radius 2 is 2.22 bits per heavy atom. The van der Waals surface area contributed by atoms with Crippen molar-refractivity contribution in [1.29, 1.82) is 0 Å². The zero-order valence-electron chi connectivity index (χ0n) is 13.0. The molecular weight excluding hydrogens is 298 g/mol. The van der Waals surface area contributed by atoms with Gasteiger partial charge in [0.05, 0.1) is 11.6 Å². The van der Waals surface area contributed by atoms with Crippen LogP contribution in [0.1, 0.15) is 16.9 Å². The van der Waals surface area contributed by atoms with Gasteiger partial charge in [0, 0.05) is 32.4 Å². The number of benzene rings is 1. The molecule has 23 heavy (non-hydrogen) atoms. The molecule has 7 nitrogen and oxygen atoms in total. The summed E-state index contributed by atoms with van der Waals surface area (Å²) in [5, 5.41) is 15.8. The van der Waals surface area contributed by atoms with E-state index in [0.29, 0.717) is 18.7 Å². The molecule has 2 aromatic rings. The van der Waals surface area contributed by atoms with Crippen molar-refractivity contribution in [3.8, 4) is 5.75 Å². The molecule has 2 unspecified atom stereocenters. The van der Waals surface area contributed by atoms with E-state index in [0.717, 1.165) is 10.9 Å². The first-order valence-corrected chi connectivity index (χ1v) is 7.44. The molecule has 1 fully saturated rings. The summed E-state index contributed by atoms with van der Waals surface area (Å²) in [6, 6.07) is 6.88. The molecule has 122 valence electrons. The third-order valence-corrected chi connectivity index (χ3v) is 4.19. The summed E-state index contributed by atoms with van der Waals surface area (Å²) < 4.78 is 7.65. The Morgan fingerprint density at radius 1 is 1.43 bits per heavy atom. The van der Waals surface area contributed by atoms with Gasteiger partial charge in [-0.1, -0.05) is 12.1 Å². The normalized spacial score (nSPS) is 20.6. The molecule has 0 spiro atoms. The zero-order chi connectivity index (χ0) is 16.6. The number of aromatic nitrogens is 1. The summed E-state index contributed by atoms with van der Waals surface area (Å²) in [6.45, 7) is 0.574. The van der Waals surface area contributed by atoms with Crippen LogP contribution in [0.15, 0.2) is 24.3 Å². The lowest BCUT2D eigenvalue weighted by Crippen LogP contribution is -2.38. The minimum absolute atomic E-state index is 0.0543. The van der Waals surface area contributed by atoms with Gasteiger partial charge in [0.15, 0.2) is 0 Å². The van der Waals surface area contributed by atoms with Gasteiger partial charge in [0.1, 0.15) is 17.5 Å². The maximum absolute atomic E-state index is 11.7. The van der Waals surface area contributed by atoms with Crippen molar-refractivity contribution in [2.45, 2.75) is 18.6 Å². The summed E-state index contributed by atoms with van der Waals surface area (Å²) in [5.41, 5.74) is 0.956. The number of carbonyl (C=O) groups is 2. The van der Waals surface area contributed by atoms with Crippen molar-refractivity contribution < 1.29 is 19.4 Å². The zero-order valence-corrected chi connectivity index (χ0v) is 13.0. The maximum atomic E-state index is 11.7. The van der Waals surface area contributed by atoms with Gasteiger partial charge in [-0.3, -0.25) is 4.79 Å². The van der Waals surface area contributed by atoms with Crippen LogP contribution < -0.4 is 15.4 Å². The minimum atomic E-state index is -0.975. The number of aryl methyl sites for hydroxylation is 1. The van der Waals surface area contributed by atoms with Crippen molar-refractivity contribution >= 4 is 22.8 Å². The fraction of sp³-hybridized carbons (Fsp3) is 0.375. The van der Waals surface area contributed by atoms with Crippen LogP contribution in [0.5, 0.6) is 5.75 Å². The quantitative estimate of drug-likeness (QED) is 0.773. The van der Waals surface area contributed by atoms with E-state index in [1.807, 2.05) is 18.2 Å². The Morgan fingerprint density at radius 3 is 2.91 bits per heavy atom. The van der Waals surface area contributed by atoms with E-state index in [1.165, 1.54) is 0 Å². The summed E-state index contributed by atoms with van der Waals surface area (Å²) in [7, 11) is 3.31. The van der Waals surface area contributed by atoms with E-state index in [2.05, 4.69) is 10.6 Å². The highest BCUT2D eigenvalue weighted by Gasteiger charge is 2.30. The predicted octanol–water partition coefficient (Wildman–Crippen LogP) is 0.732. The van der Waals surface area contributed by atoms with Crippen LogP contribution in [0.4, 0.5) is 0 Å². The topological polar surface area (TPSA) is 92.6 Å². The average Bonchev–Trinajstić information content (AvgIpc) is 3.12. The Labute approximate surface area is 133 Å². The van der Waals surface area contributed by atoms with Crippen LogP contribution in [-0.2, 0) is 11.8 Å². The molecule has 1 aromatic carbocycles. The first-order chi connectivity index (χ1) is 11.0. The SMILES string of the molecule is CNC(=O)C1CC(Oc2cccc3cc(C(=O)O)n(C)c23)CN1. The minimum Gasteiger partial charge on any atom is -0.487 e. The summed E-state index contributed by atoms with van der Waals surface area (Å²) >= 11 is 0.